The zero-order valence-electron chi connectivity index (χ0n) is 17.8. The fraction of sp³-hybridized carbons (Fsp3) is 0.727. The van der Waals surface area contributed by atoms with Crippen LogP contribution in [0.4, 0.5) is 5.82 Å². The van der Waals surface area contributed by atoms with Gasteiger partial charge in [0.05, 0.1) is 0 Å². The summed E-state index contributed by atoms with van der Waals surface area (Å²) in [5.74, 6) is 0.927. The number of aromatic nitrogens is 1. The van der Waals surface area contributed by atoms with Crippen LogP contribution in [-0.4, -0.2) is 78.7 Å². The molecule has 2 aliphatic heterocycles. The number of hydrogen-bond acceptors (Lipinski definition) is 5. The molecule has 2 fully saturated rings. The van der Waals surface area contributed by atoms with Gasteiger partial charge >= 0.3 is 0 Å². The van der Waals surface area contributed by atoms with Crippen LogP contribution < -0.4 is 4.90 Å². The van der Waals surface area contributed by atoms with E-state index in [1.54, 1.807) is 0 Å². The van der Waals surface area contributed by atoms with Crippen molar-refractivity contribution in [2.75, 3.05) is 57.4 Å². The molecule has 6 nitrogen and oxygen atoms in total. The van der Waals surface area contributed by atoms with E-state index in [-0.39, 0.29) is 11.4 Å². The summed E-state index contributed by atoms with van der Waals surface area (Å²) >= 11 is 0. The molecule has 0 unspecified atom stereocenters. The topological polar surface area (TPSA) is 48.9 Å². The molecule has 3 rings (SSSR count). The number of carbonyl (C=O) groups is 1. The molecule has 0 aliphatic carbocycles. The first-order valence-corrected chi connectivity index (χ1v) is 10.9. The molecule has 0 atom stereocenters. The molecule has 0 bridgehead atoms. The SMILES string of the molecule is CCCN1CCN(C2(CN(C(=O)CC)c3cccc(C)n3)CCOCC2)CC1. The number of nitrogens with zero attached hydrogens (tertiary/aromatic N) is 4. The number of piperazine rings is 1. The lowest BCUT2D eigenvalue weighted by atomic mass is 9.86. The third-order valence-electron chi connectivity index (χ3n) is 6.21. The number of rotatable bonds is 7. The average Bonchev–Trinajstić information content (AvgIpc) is 2.73. The van der Waals surface area contributed by atoms with Gasteiger partial charge in [-0.05, 0) is 44.9 Å². The molecular weight excluding hydrogens is 352 g/mol. The second kappa shape index (κ2) is 9.81. The minimum atomic E-state index is -0.0210. The zero-order chi connectivity index (χ0) is 20.0. The van der Waals surface area contributed by atoms with Crippen LogP contribution in [0.3, 0.4) is 0 Å². The highest BCUT2D eigenvalue weighted by Crippen LogP contribution is 2.32. The molecule has 2 aliphatic rings. The second-order valence-corrected chi connectivity index (χ2v) is 8.14. The second-order valence-electron chi connectivity index (χ2n) is 8.14. The highest BCUT2D eigenvalue weighted by Gasteiger charge is 2.42. The summed E-state index contributed by atoms with van der Waals surface area (Å²) in [4.78, 5) is 24.7. The summed E-state index contributed by atoms with van der Waals surface area (Å²) in [6.45, 7) is 13.9. The first-order valence-electron chi connectivity index (χ1n) is 10.9. The van der Waals surface area contributed by atoms with Crippen molar-refractivity contribution >= 4 is 11.7 Å². The Kier molecular flexibility index (Phi) is 7.43. The van der Waals surface area contributed by atoms with E-state index >= 15 is 0 Å². The maximum atomic E-state index is 12.9. The van der Waals surface area contributed by atoms with Crippen LogP contribution >= 0.6 is 0 Å². The molecule has 1 amide bonds. The largest absolute Gasteiger partial charge is 0.381 e. The third kappa shape index (κ3) is 4.91. The minimum Gasteiger partial charge on any atom is -0.381 e. The summed E-state index contributed by atoms with van der Waals surface area (Å²) in [5, 5.41) is 0. The van der Waals surface area contributed by atoms with Crippen molar-refractivity contribution in [3.63, 3.8) is 0 Å². The number of anilines is 1. The first kappa shape index (κ1) is 21.2. The first-order chi connectivity index (χ1) is 13.6. The van der Waals surface area contributed by atoms with Crippen molar-refractivity contribution < 1.29 is 9.53 Å². The van der Waals surface area contributed by atoms with Crippen LogP contribution in [-0.2, 0) is 9.53 Å². The van der Waals surface area contributed by atoms with Gasteiger partial charge in [0, 0.05) is 63.6 Å². The normalized spacial score (nSPS) is 20.8. The Labute approximate surface area is 169 Å². The maximum absolute atomic E-state index is 12.9. The van der Waals surface area contributed by atoms with Gasteiger partial charge in [0.25, 0.3) is 0 Å². The highest BCUT2D eigenvalue weighted by molar-refractivity contribution is 5.92. The van der Waals surface area contributed by atoms with Crippen LogP contribution in [0.5, 0.6) is 0 Å². The number of hydrogen-bond donors (Lipinski definition) is 0. The van der Waals surface area contributed by atoms with Crippen LogP contribution in [0, 0.1) is 6.92 Å². The van der Waals surface area contributed by atoms with Crippen LogP contribution in [0.15, 0.2) is 18.2 Å². The molecule has 1 aromatic rings. The van der Waals surface area contributed by atoms with E-state index in [0.29, 0.717) is 13.0 Å². The van der Waals surface area contributed by atoms with E-state index < -0.39 is 0 Å². The Hall–Kier alpha value is -1.50. The average molecular weight is 389 g/mol. The molecule has 2 saturated heterocycles. The standard InChI is InChI=1S/C22H36N4O2/c1-4-11-24-12-14-25(15-13-24)22(9-16-28-17-10-22)18-26(21(27)5-2)20-8-6-7-19(3)23-20/h6-8H,4-5,9-18H2,1-3H3. The summed E-state index contributed by atoms with van der Waals surface area (Å²) in [6, 6.07) is 5.94. The van der Waals surface area contributed by atoms with E-state index in [1.165, 1.54) is 13.0 Å². The Balaban J connectivity index is 1.82. The van der Waals surface area contributed by atoms with E-state index in [9.17, 15) is 4.79 Å². The van der Waals surface area contributed by atoms with Crippen molar-refractivity contribution in [1.29, 1.82) is 0 Å². The smallest absolute Gasteiger partial charge is 0.227 e. The predicted octanol–water partition coefficient (Wildman–Crippen LogP) is 2.71. The number of aryl methyl sites for hydroxylation is 1. The number of carbonyl (C=O) groups excluding carboxylic acids is 1. The molecule has 0 N–H and O–H groups in total. The van der Waals surface area contributed by atoms with E-state index in [4.69, 9.17) is 4.74 Å². The van der Waals surface area contributed by atoms with Gasteiger partial charge in [-0.15, -0.1) is 0 Å². The Morgan fingerprint density at radius 3 is 2.50 bits per heavy atom. The van der Waals surface area contributed by atoms with Gasteiger partial charge in [0.1, 0.15) is 5.82 Å². The number of amides is 1. The van der Waals surface area contributed by atoms with Gasteiger partial charge in [-0.1, -0.05) is 19.9 Å². The monoisotopic (exact) mass is 388 g/mol. The molecule has 156 valence electrons. The minimum absolute atomic E-state index is 0.0210. The van der Waals surface area contributed by atoms with Gasteiger partial charge < -0.3 is 9.64 Å². The molecule has 0 aromatic carbocycles. The van der Waals surface area contributed by atoms with Crippen LogP contribution in [0.25, 0.3) is 0 Å². The predicted molar refractivity (Wildman–Crippen MR) is 113 cm³/mol. The number of ether oxygens (including phenoxy) is 1. The van der Waals surface area contributed by atoms with E-state index in [1.807, 2.05) is 36.9 Å². The summed E-state index contributed by atoms with van der Waals surface area (Å²) in [7, 11) is 0. The molecule has 0 saturated carbocycles. The van der Waals surface area contributed by atoms with Crippen molar-refractivity contribution in [2.24, 2.45) is 0 Å². The highest BCUT2D eigenvalue weighted by atomic mass is 16.5. The molecule has 28 heavy (non-hydrogen) atoms. The summed E-state index contributed by atoms with van der Waals surface area (Å²) in [6.07, 6.45) is 3.64. The van der Waals surface area contributed by atoms with Gasteiger partial charge in [-0.25, -0.2) is 4.98 Å². The Bertz CT molecular complexity index is 637. The quantitative estimate of drug-likeness (QED) is 0.719. The van der Waals surface area contributed by atoms with Gasteiger partial charge in [0.15, 0.2) is 0 Å². The maximum Gasteiger partial charge on any atom is 0.227 e. The summed E-state index contributed by atoms with van der Waals surface area (Å²) in [5.41, 5.74) is 0.924. The lowest BCUT2D eigenvalue weighted by Crippen LogP contribution is -2.63. The van der Waals surface area contributed by atoms with Crippen molar-refractivity contribution in [3.8, 4) is 0 Å². The fourth-order valence-corrected chi connectivity index (χ4v) is 4.55. The van der Waals surface area contributed by atoms with Crippen LogP contribution in [0.1, 0.15) is 45.2 Å². The molecule has 3 heterocycles. The Morgan fingerprint density at radius 1 is 1.18 bits per heavy atom. The third-order valence-corrected chi connectivity index (χ3v) is 6.21. The van der Waals surface area contributed by atoms with Crippen molar-refractivity contribution in [2.45, 2.75) is 52.0 Å². The lowest BCUT2D eigenvalue weighted by Gasteiger charge is -2.51. The van der Waals surface area contributed by atoms with E-state index in [0.717, 1.165) is 63.7 Å². The zero-order valence-corrected chi connectivity index (χ0v) is 17.8. The molecule has 1 aromatic heterocycles. The molecular formula is C22H36N4O2. The van der Waals surface area contributed by atoms with E-state index in [2.05, 4.69) is 21.7 Å². The fourth-order valence-electron chi connectivity index (χ4n) is 4.55. The summed E-state index contributed by atoms with van der Waals surface area (Å²) < 4.78 is 5.71. The van der Waals surface area contributed by atoms with Crippen molar-refractivity contribution in [1.82, 2.24) is 14.8 Å². The van der Waals surface area contributed by atoms with Crippen LogP contribution in [0.2, 0.25) is 0 Å². The molecule has 0 spiro atoms. The molecule has 6 heteroatoms. The van der Waals surface area contributed by atoms with Gasteiger partial charge in [-0.3, -0.25) is 14.6 Å². The molecule has 0 radical (unpaired) electrons. The van der Waals surface area contributed by atoms with Gasteiger partial charge in [-0.2, -0.15) is 0 Å². The lowest BCUT2D eigenvalue weighted by molar-refractivity contribution is -0.119. The Morgan fingerprint density at radius 2 is 1.89 bits per heavy atom. The van der Waals surface area contributed by atoms with Crippen molar-refractivity contribution in [3.05, 3.63) is 23.9 Å². The number of pyridine rings is 1. The van der Waals surface area contributed by atoms with Gasteiger partial charge in [0.2, 0.25) is 5.91 Å².